The van der Waals surface area contributed by atoms with Crippen molar-refractivity contribution >= 4 is 17.5 Å². The lowest BCUT2D eigenvalue weighted by Gasteiger charge is -2.21. The molecule has 1 saturated carbocycles. The van der Waals surface area contributed by atoms with Crippen molar-refractivity contribution in [3.8, 4) is 0 Å². The summed E-state index contributed by atoms with van der Waals surface area (Å²) < 4.78 is 0. The first-order chi connectivity index (χ1) is 9.19. The molecule has 5 heteroatoms. The van der Waals surface area contributed by atoms with Crippen LogP contribution in [0.1, 0.15) is 28.8 Å². The molecule has 5 nitrogen and oxygen atoms in total. The molecule has 2 amide bonds. The highest BCUT2D eigenvalue weighted by atomic mass is 16.3. The Morgan fingerprint density at radius 1 is 1.42 bits per heavy atom. The smallest absolute Gasteiger partial charge is 0.254 e. The van der Waals surface area contributed by atoms with Crippen molar-refractivity contribution in [3.05, 3.63) is 29.3 Å². The number of carbonyl (C=O) groups excluding carboxylic acids is 2. The number of carbonyl (C=O) groups is 2. The number of nitrogens with zero attached hydrogens (tertiary/aromatic N) is 1. The topological polar surface area (TPSA) is 69.6 Å². The van der Waals surface area contributed by atoms with Gasteiger partial charge in [0.05, 0.1) is 13.0 Å². The lowest BCUT2D eigenvalue weighted by atomic mass is 10.1. The fourth-order valence-corrected chi connectivity index (χ4v) is 2.46. The average molecular weight is 260 g/mol. The zero-order valence-corrected chi connectivity index (χ0v) is 10.6. The van der Waals surface area contributed by atoms with Crippen molar-refractivity contribution in [2.24, 2.45) is 0 Å². The van der Waals surface area contributed by atoms with Crippen molar-refractivity contribution in [2.45, 2.75) is 25.3 Å². The Kier molecular flexibility index (Phi) is 2.98. The second kappa shape index (κ2) is 4.66. The van der Waals surface area contributed by atoms with E-state index in [9.17, 15) is 9.59 Å². The number of fused-ring (bicyclic) bond motifs is 1. The summed E-state index contributed by atoms with van der Waals surface area (Å²) in [5.74, 6) is -0.102. The van der Waals surface area contributed by atoms with Gasteiger partial charge in [-0.3, -0.25) is 9.59 Å². The molecule has 1 heterocycles. The van der Waals surface area contributed by atoms with Crippen LogP contribution in [0.15, 0.2) is 18.2 Å². The molecule has 0 unspecified atom stereocenters. The summed E-state index contributed by atoms with van der Waals surface area (Å²) in [6, 6.07) is 5.58. The van der Waals surface area contributed by atoms with E-state index in [1.54, 1.807) is 17.0 Å². The van der Waals surface area contributed by atoms with Gasteiger partial charge in [0.1, 0.15) is 0 Å². The van der Waals surface area contributed by atoms with E-state index in [0.29, 0.717) is 18.5 Å². The molecule has 100 valence electrons. The number of rotatable bonds is 4. The van der Waals surface area contributed by atoms with Crippen molar-refractivity contribution in [2.75, 3.05) is 18.5 Å². The minimum Gasteiger partial charge on any atom is -0.395 e. The largest absolute Gasteiger partial charge is 0.395 e. The Morgan fingerprint density at radius 3 is 2.89 bits per heavy atom. The zero-order valence-electron chi connectivity index (χ0n) is 10.6. The third kappa shape index (κ3) is 2.33. The van der Waals surface area contributed by atoms with Crippen LogP contribution in [0.2, 0.25) is 0 Å². The minimum absolute atomic E-state index is 0.0239. The van der Waals surface area contributed by atoms with Crippen LogP contribution in [0.25, 0.3) is 0 Å². The van der Waals surface area contributed by atoms with Gasteiger partial charge in [0.2, 0.25) is 5.91 Å². The van der Waals surface area contributed by atoms with E-state index in [0.717, 1.165) is 24.1 Å². The Morgan fingerprint density at radius 2 is 2.21 bits per heavy atom. The van der Waals surface area contributed by atoms with Crippen LogP contribution in [0.5, 0.6) is 0 Å². The van der Waals surface area contributed by atoms with Crippen molar-refractivity contribution < 1.29 is 14.7 Å². The van der Waals surface area contributed by atoms with E-state index in [4.69, 9.17) is 5.11 Å². The number of aliphatic hydroxyl groups excluding tert-OH is 1. The van der Waals surface area contributed by atoms with E-state index in [1.807, 2.05) is 6.07 Å². The standard InChI is InChI=1S/C14H16N2O3/c17-6-5-16(11-3-4-11)14(19)10-2-1-9-8-13(18)15-12(9)7-10/h1-2,7,11,17H,3-6,8H2,(H,15,18). The summed E-state index contributed by atoms with van der Waals surface area (Å²) in [6.45, 7) is 0.344. The van der Waals surface area contributed by atoms with Gasteiger partial charge in [-0.05, 0) is 30.5 Å². The molecule has 1 aromatic carbocycles. The van der Waals surface area contributed by atoms with E-state index in [-0.39, 0.29) is 24.5 Å². The SMILES string of the molecule is O=C1Cc2ccc(C(=O)N(CCO)C3CC3)cc2N1. The number of amides is 2. The van der Waals surface area contributed by atoms with Crippen molar-refractivity contribution in [3.63, 3.8) is 0 Å². The van der Waals surface area contributed by atoms with Crippen LogP contribution in [0.3, 0.4) is 0 Å². The molecule has 1 aromatic rings. The fourth-order valence-electron chi connectivity index (χ4n) is 2.46. The first kappa shape index (κ1) is 12.2. The number of hydrogen-bond donors (Lipinski definition) is 2. The zero-order chi connectivity index (χ0) is 13.4. The van der Waals surface area contributed by atoms with Gasteiger partial charge in [0.25, 0.3) is 5.91 Å². The molecule has 1 aliphatic heterocycles. The molecule has 0 saturated heterocycles. The Bertz CT molecular complexity index is 537. The van der Waals surface area contributed by atoms with E-state index < -0.39 is 0 Å². The molecule has 1 aliphatic carbocycles. The van der Waals surface area contributed by atoms with Gasteiger partial charge in [-0.2, -0.15) is 0 Å². The van der Waals surface area contributed by atoms with Gasteiger partial charge in [-0.1, -0.05) is 6.07 Å². The number of hydrogen-bond acceptors (Lipinski definition) is 3. The van der Waals surface area contributed by atoms with Gasteiger partial charge in [0.15, 0.2) is 0 Å². The number of aliphatic hydroxyl groups is 1. The maximum absolute atomic E-state index is 12.4. The summed E-state index contributed by atoms with van der Waals surface area (Å²) >= 11 is 0. The molecule has 2 aliphatic rings. The van der Waals surface area contributed by atoms with Crippen LogP contribution in [0, 0.1) is 0 Å². The number of anilines is 1. The van der Waals surface area contributed by atoms with Gasteiger partial charge >= 0.3 is 0 Å². The van der Waals surface area contributed by atoms with Gasteiger partial charge in [-0.15, -0.1) is 0 Å². The third-order valence-electron chi connectivity index (χ3n) is 3.57. The third-order valence-corrected chi connectivity index (χ3v) is 3.57. The highest BCUT2D eigenvalue weighted by molar-refractivity contribution is 6.02. The number of benzene rings is 1. The van der Waals surface area contributed by atoms with Gasteiger partial charge in [0, 0.05) is 23.8 Å². The predicted octanol–water partition coefficient (Wildman–Crippen LogP) is 0.778. The summed E-state index contributed by atoms with van der Waals surface area (Å²) in [5.41, 5.74) is 2.23. The maximum Gasteiger partial charge on any atom is 0.254 e. The summed E-state index contributed by atoms with van der Waals surface area (Å²) in [5, 5.41) is 11.8. The molecular weight excluding hydrogens is 244 g/mol. The summed E-state index contributed by atoms with van der Waals surface area (Å²) in [4.78, 5) is 25.4. The maximum atomic E-state index is 12.4. The lowest BCUT2D eigenvalue weighted by Crippen LogP contribution is -2.35. The van der Waals surface area contributed by atoms with Crippen LogP contribution in [-0.2, 0) is 11.2 Å². The molecule has 0 bridgehead atoms. The Hall–Kier alpha value is -1.88. The molecule has 0 atom stereocenters. The van der Waals surface area contributed by atoms with Crippen molar-refractivity contribution in [1.29, 1.82) is 0 Å². The van der Waals surface area contributed by atoms with Crippen molar-refractivity contribution in [1.82, 2.24) is 4.90 Å². The van der Waals surface area contributed by atoms with E-state index in [2.05, 4.69) is 5.32 Å². The quantitative estimate of drug-likeness (QED) is 0.840. The number of nitrogens with one attached hydrogen (secondary N) is 1. The highest BCUT2D eigenvalue weighted by Crippen LogP contribution is 2.30. The van der Waals surface area contributed by atoms with Gasteiger partial charge < -0.3 is 15.3 Å². The Labute approximate surface area is 111 Å². The first-order valence-electron chi connectivity index (χ1n) is 6.53. The molecule has 0 aromatic heterocycles. The average Bonchev–Trinajstić information content (AvgIpc) is 3.15. The van der Waals surface area contributed by atoms with Crippen LogP contribution in [-0.4, -0.2) is 41.0 Å². The Balaban J connectivity index is 1.83. The molecule has 0 radical (unpaired) electrons. The molecule has 0 spiro atoms. The first-order valence-corrected chi connectivity index (χ1v) is 6.53. The fraction of sp³-hybridized carbons (Fsp3) is 0.429. The second-order valence-electron chi connectivity index (χ2n) is 5.05. The molecule has 2 N–H and O–H groups in total. The second-order valence-corrected chi connectivity index (χ2v) is 5.05. The summed E-state index contributed by atoms with van der Waals surface area (Å²) in [7, 11) is 0. The van der Waals surface area contributed by atoms with Crippen LogP contribution >= 0.6 is 0 Å². The molecule has 1 fully saturated rings. The molecule has 3 rings (SSSR count). The molecule has 19 heavy (non-hydrogen) atoms. The van der Waals surface area contributed by atoms with E-state index in [1.165, 1.54) is 0 Å². The lowest BCUT2D eigenvalue weighted by molar-refractivity contribution is -0.115. The summed E-state index contributed by atoms with van der Waals surface area (Å²) in [6.07, 6.45) is 2.40. The molecular formula is C14H16N2O3. The minimum atomic E-state index is -0.0690. The van der Waals surface area contributed by atoms with Crippen LogP contribution in [0.4, 0.5) is 5.69 Å². The van der Waals surface area contributed by atoms with Crippen LogP contribution < -0.4 is 5.32 Å². The van der Waals surface area contributed by atoms with E-state index >= 15 is 0 Å². The monoisotopic (exact) mass is 260 g/mol. The highest BCUT2D eigenvalue weighted by Gasteiger charge is 2.33. The predicted molar refractivity (Wildman–Crippen MR) is 69.9 cm³/mol. The normalized spacial score (nSPS) is 17.0. The van der Waals surface area contributed by atoms with Gasteiger partial charge in [-0.25, -0.2) is 0 Å².